The van der Waals surface area contributed by atoms with Crippen LogP contribution in [0.5, 0.6) is 0 Å². The zero-order chi connectivity index (χ0) is 57.0. The Labute approximate surface area is 458 Å². The fourth-order valence-corrected chi connectivity index (χ4v) is 10.6. The number of unbranched alkanes of at least 4 members (excludes halogenated alkanes) is 3. The van der Waals surface area contributed by atoms with Crippen molar-refractivity contribution in [2.24, 2.45) is 23.5 Å². The molecule has 1 fully saturated rings. The number of esters is 1. The van der Waals surface area contributed by atoms with E-state index in [1.165, 1.54) is 19.1 Å². The topological polar surface area (TPSA) is 280 Å². The second-order valence-corrected chi connectivity index (χ2v) is 22.1. The summed E-state index contributed by atoms with van der Waals surface area (Å²) in [6, 6.07) is 4.15. The van der Waals surface area contributed by atoms with Crippen LogP contribution in [-0.4, -0.2) is 141 Å². The van der Waals surface area contributed by atoms with Crippen LogP contribution in [0.2, 0.25) is 0 Å². The number of likely N-dealkylation sites (tertiary alicyclic amines) is 1. The number of thiazole rings is 1. The molecule has 0 saturated carbocycles. The highest BCUT2D eigenvalue weighted by molar-refractivity contribution is 7.09. The lowest BCUT2D eigenvalue weighted by Gasteiger charge is -2.43. The molecule has 3 heterocycles. The van der Waals surface area contributed by atoms with Crippen molar-refractivity contribution in [3.05, 3.63) is 58.1 Å². The van der Waals surface area contributed by atoms with Crippen LogP contribution >= 0.6 is 11.3 Å². The van der Waals surface area contributed by atoms with Crippen LogP contribution in [0, 0.1) is 17.8 Å². The number of carbonyl (C=O) groups excluding carboxylic acids is 8. The number of ether oxygens (including phenoxy) is 1. The van der Waals surface area contributed by atoms with Gasteiger partial charge in [-0.2, -0.15) is 0 Å². The van der Waals surface area contributed by atoms with Gasteiger partial charge in [0.1, 0.15) is 22.8 Å². The SMILES string of the molecule is CC[C@H](C)[C@H](NC(=O)[C@]1(C)CCCCN1C)C(=O)N(CC)[C@H](C[C@@H](OC(C)=O)c1nc(C(=O)N[C@@H](Cc2ccc(NC(=O)[C@H](CCCCN)NC(=O)CCCCCN3C(=O)C=CC3=O)cc2)C[C@H](C)C(=O)O)cs1)C(C)C. The third-order valence-electron chi connectivity index (χ3n) is 15.0. The van der Waals surface area contributed by atoms with E-state index in [0.29, 0.717) is 75.2 Å². The number of rotatable bonds is 32. The van der Waals surface area contributed by atoms with Gasteiger partial charge in [-0.25, -0.2) is 4.98 Å². The number of aromatic nitrogens is 1. The first-order chi connectivity index (χ1) is 36.5. The lowest BCUT2D eigenvalue weighted by molar-refractivity contribution is -0.150. The normalized spacial score (nSPS) is 18.4. The Morgan fingerprint density at radius 3 is 2.19 bits per heavy atom. The van der Waals surface area contributed by atoms with Gasteiger partial charge in [0.25, 0.3) is 17.7 Å². The second-order valence-electron chi connectivity index (χ2n) is 21.2. The first-order valence-electron chi connectivity index (χ1n) is 27.4. The molecule has 7 N–H and O–H groups in total. The van der Waals surface area contributed by atoms with Crippen molar-refractivity contribution in [3.63, 3.8) is 0 Å². The molecule has 0 bridgehead atoms. The van der Waals surface area contributed by atoms with Crippen LogP contribution in [0.4, 0.5) is 5.69 Å². The molecule has 2 aromatic rings. The zero-order valence-corrected chi connectivity index (χ0v) is 47.5. The zero-order valence-electron chi connectivity index (χ0n) is 46.7. The fraction of sp³-hybridized carbons (Fsp3) is 0.643. The van der Waals surface area contributed by atoms with Crippen LogP contribution in [-0.2, 0) is 49.5 Å². The molecule has 7 amide bonds. The highest BCUT2D eigenvalue weighted by Crippen LogP contribution is 2.33. The third-order valence-corrected chi connectivity index (χ3v) is 15.9. The number of imide groups is 1. The molecule has 20 nitrogen and oxygen atoms in total. The molecule has 426 valence electrons. The van der Waals surface area contributed by atoms with E-state index in [1.54, 1.807) is 41.5 Å². The molecule has 0 radical (unpaired) electrons. The summed E-state index contributed by atoms with van der Waals surface area (Å²) in [7, 11) is 1.94. The number of benzene rings is 1. The van der Waals surface area contributed by atoms with Crippen LogP contribution in [0.15, 0.2) is 41.8 Å². The molecular formula is C56H85N9O11S. The first kappa shape index (κ1) is 63.5. The largest absolute Gasteiger partial charge is 0.481 e. The van der Waals surface area contributed by atoms with Gasteiger partial charge in [-0.05, 0) is 128 Å². The number of nitrogens with two attached hydrogens (primary N) is 1. The molecule has 21 heteroatoms. The molecule has 1 aromatic carbocycles. The molecule has 1 saturated heterocycles. The Balaban J connectivity index is 1.44. The van der Waals surface area contributed by atoms with E-state index in [1.807, 2.05) is 48.6 Å². The smallest absolute Gasteiger partial charge is 0.306 e. The van der Waals surface area contributed by atoms with E-state index in [0.717, 1.165) is 41.2 Å². The average Bonchev–Trinajstić information content (AvgIpc) is 4.01. The number of nitrogens with one attached hydrogen (secondary N) is 4. The summed E-state index contributed by atoms with van der Waals surface area (Å²) in [4.78, 5) is 127. The van der Waals surface area contributed by atoms with Crippen LogP contribution < -0.4 is 27.0 Å². The van der Waals surface area contributed by atoms with Gasteiger partial charge in [-0.15, -0.1) is 11.3 Å². The van der Waals surface area contributed by atoms with Crippen molar-refractivity contribution < 1.29 is 53.0 Å². The fourth-order valence-electron chi connectivity index (χ4n) is 9.80. The van der Waals surface area contributed by atoms with Crippen molar-refractivity contribution in [3.8, 4) is 0 Å². The van der Waals surface area contributed by atoms with Gasteiger partial charge in [0.15, 0.2) is 6.10 Å². The number of amides is 7. The number of anilines is 1. The molecule has 2 aliphatic rings. The standard InChI is InChI=1S/C56H85N9O11S/c1-10-36(5)49(62-55(75)56(8)27-15-18-29-63(56)9)53(72)64(11-2)44(35(3)4)33-45(76-38(7)66)52-61-43(34-77-52)51(71)59-41(31-37(6)54(73)74)32-39-21-23-40(24-22-39)58-50(70)42(19-14-16-28-57)60-46(67)20-13-12-17-30-65-47(68)25-26-48(65)69/h21-26,34-37,41-42,44-45,49H,10-20,27-33,57H2,1-9H3,(H,58,70)(H,59,71)(H,60,67)(H,62,75)(H,73,74)/t36-,37-,41+,42-,44+,45+,49-,56-/m0/s1. The monoisotopic (exact) mass is 1090 g/mol. The summed E-state index contributed by atoms with van der Waals surface area (Å²) in [6.45, 7) is 16.3. The Kier molecular flexibility index (Phi) is 25.4. The van der Waals surface area contributed by atoms with Gasteiger partial charge in [0.05, 0.1) is 11.5 Å². The summed E-state index contributed by atoms with van der Waals surface area (Å²) in [5.74, 6) is -5.11. The Hall–Kier alpha value is -6.06. The summed E-state index contributed by atoms with van der Waals surface area (Å²) >= 11 is 1.13. The molecule has 2 aliphatic heterocycles. The number of carbonyl (C=O) groups is 9. The van der Waals surface area contributed by atoms with Gasteiger partial charge < -0.3 is 41.7 Å². The summed E-state index contributed by atoms with van der Waals surface area (Å²) < 4.78 is 5.88. The maximum Gasteiger partial charge on any atom is 0.306 e. The summed E-state index contributed by atoms with van der Waals surface area (Å²) in [6.07, 6.45) is 8.72. The lowest BCUT2D eigenvalue weighted by atomic mass is 9.86. The van der Waals surface area contributed by atoms with E-state index in [2.05, 4.69) is 31.2 Å². The number of likely N-dealkylation sites (N-methyl/N-ethyl adjacent to an activating group) is 2. The van der Waals surface area contributed by atoms with Gasteiger partial charge in [0, 0.05) is 68.2 Å². The van der Waals surface area contributed by atoms with E-state index in [4.69, 9.17) is 10.5 Å². The minimum Gasteiger partial charge on any atom is -0.481 e. The number of aliphatic carboxylic acids is 1. The van der Waals surface area contributed by atoms with E-state index in [9.17, 15) is 48.3 Å². The van der Waals surface area contributed by atoms with Crippen molar-refractivity contribution >= 4 is 70.3 Å². The number of nitrogens with zero attached hydrogens (tertiary/aromatic N) is 4. The molecule has 1 aromatic heterocycles. The number of carboxylic acids is 1. The van der Waals surface area contributed by atoms with Crippen molar-refractivity contribution in [2.75, 3.05) is 38.5 Å². The van der Waals surface area contributed by atoms with Gasteiger partial charge >= 0.3 is 11.9 Å². The van der Waals surface area contributed by atoms with Gasteiger partial charge in [-0.3, -0.25) is 53.0 Å². The van der Waals surface area contributed by atoms with Crippen LogP contribution in [0.1, 0.15) is 166 Å². The number of hydrogen-bond donors (Lipinski definition) is 6. The molecule has 77 heavy (non-hydrogen) atoms. The molecular weight excluding hydrogens is 1010 g/mol. The molecule has 4 rings (SSSR count). The second kappa shape index (κ2) is 30.8. The van der Waals surface area contributed by atoms with Crippen LogP contribution in [0.25, 0.3) is 0 Å². The maximum atomic E-state index is 14.7. The maximum absolute atomic E-state index is 14.7. The molecule has 8 atom stereocenters. The number of carboxylic acid groups (broad SMARTS) is 1. The third kappa shape index (κ3) is 18.8. The minimum atomic E-state index is -1.04. The van der Waals surface area contributed by atoms with E-state index >= 15 is 0 Å². The van der Waals surface area contributed by atoms with Gasteiger partial charge in [-0.1, -0.05) is 59.6 Å². The lowest BCUT2D eigenvalue weighted by Crippen LogP contribution is -2.63. The predicted molar refractivity (Wildman–Crippen MR) is 294 cm³/mol. The molecule has 0 aliphatic carbocycles. The van der Waals surface area contributed by atoms with Crippen molar-refractivity contribution in [1.29, 1.82) is 0 Å². The Morgan fingerprint density at radius 1 is 0.909 bits per heavy atom. The summed E-state index contributed by atoms with van der Waals surface area (Å²) in [5, 5.41) is 23.6. The van der Waals surface area contributed by atoms with Crippen molar-refractivity contribution in [2.45, 2.75) is 181 Å². The summed E-state index contributed by atoms with van der Waals surface area (Å²) in [5.41, 5.74) is 6.19. The highest BCUT2D eigenvalue weighted by atomic mass is 32.1. The van der Waals surface area contributed by atoms with Crippen molar-refractivity contribution in [1.82, 2.24) is 35.6 Å². The Bertz CT molecular complexity index is 2360. The first-order valence-corrected chi connectivity index (χ1v) is 28.3. The minimum absolute atomic E-state index is 0.0391. The predicted octanol–water partition coefficient (Wildman–Crippen LogP) is 5.91. The average molecular weight is 1090 g/mol. The van der Waals surface area contributed by atoms with E-state index < -0.39 is 65.5 Å². The molecule has 0 spiro atoms. The molecule has 0 unspecified atom stereocenters. The van der Waals surface area contributed by atoms with Gasteiger partial charge in [0.2, 0.25) is 23.6 Å². The quantitative estimate of drug-likeness (QED) is 0.0283. The van der Waals surface area contributed by atoms with E-state index in [-0.39, 0.29) is 79.3 Å². The Morgan fingerprint density at radius 2 is 1.60 bits per heavy atom. The number of piperidine rings is 1. The van der Waals surface area contributed by atoms with Crippen LogP contribution in [0.3, 0.4) is 0 Å². The number of hydrogen-bond acceptors (Lipinski definition) is 14. The highest BCUT2D eigenvalue weighted by Gasteiger charge is 2.43.